The van der Waals surface area contributed by atoms with Crippen LogP contribution in [0, 0.1) is 6.92 Å². The van der Waals surface area contributed by atoms with Gasteiger partial charge in [0.15, 0.2) is 11.5 Å². The van der Waals surface area contributed by atoms with Crippen molar-refractivity contribution in [3.05, 3.63) is 59.2 Å². The molecule has 1 amide bonds. The van der Waals surface area contributed by atoms with Crippen molar-refractivity contribution in [3.63, 3.8) is 0 Å². The van der Waals surface area contributed by atoms with Gasteiger partial charge in [-0.3, -0.25) is 9.69 Å². The van der Waals surface area contributed by atoms with E-state index < -0.39 is 0 Å². The lowest BCUT2D eigenvalue weighted by Gasteiger charge is -2.34. The SMILES string of the molecule is Cc1ccccc1CSCC(=O)N1CCN(Cc2ccc3c(c2)OCO3)CC1. The maximum Gasteiger partial charge on any atom is 0.232 e. The second kappa shape index (κ2) is 8.88. The molecular weight excluding hydrogens is 372 g/mol. The number of carbonyl (C=O) groups is 1. The predicted molar refractivity (Wildman–Crippen MR) is 112 cm³/mol. The molecule has 0 unspecified atom stereocenters. The number of thioether (sulfide) groups is 1. The third-order valence-corrected chi connectivity index (χ3v) is 6.28. The zero-order valence-electron chi connectivity index (χ0n) is 16.2. The number of fused-ring (bicyclic) bond motifs is 1. The van der Waals surface area contributed by atoms with Crippen LogP contribution in [0.25, 0.3) is 0 Å². The summed E-state index contributed by atoms with van der Waals surface area (Å²) in [5, 5.41) is 0. The van der Waals surface area contributed by atoms with Crippen LogP contribution in [0.2, 0.25) is 0 Å². The Bertz CT molecular complexity index is 834. The summed E-state index contributed by atoms with van der Waals surface area (Å²) in [4.78, 5) is 16.9. The molecule has 4 rings (SSSR count). The van der Waals surface area contributed by atoms with Gasteiger partial charge in [0.25, 0.3) is 0 Å². The van der Waals surface area contributed by atoms with Gasteiger partial charge in [-0.2, -0.15) is 0 Å². The van der Waals surface area contributed by atoms with Gasteiger partial charge in [-0.05, 0) is 35.7 Å². The molecule has 0 radical (unpaired) electrons. The fourth-order valence-electron chi connectivity index (χ4n) is 3.56. The third kappa shape index (κ3) is 4.62. The van der Waals surface area contributed by atoms with Gasteiger partial charge < -0.3 is 14.4 Å². The molecule has 0 spiro atoms. The summed E-state index contributed by atoms with van der Waals surface area (Å²) in [7, 11) is 0. The second-order valence-electron chi connectivity index (χ2n) is 7.26. The highest BCUT2D eigenvalue weighted by atomic mass is 32.2. The average molecular weight is 399 g/mol. The molecule has 6 heteroatoms. The molecule has 0 N–H and O–H groups in total. The normalized spacial score (nSPS) is 16.4. The number of nitrogens with zero attached hydrogens (tertiary/aromatic N) is 2. The quantitative estimate of drug-likeness (QED) is 0.747. The van der Waals surface area contributed by atoms with E-state index >= 15 is 0 Å². The molecule has 2 aliphatic rings. The van der Waals surface area contributed by atoms with E-state index in [-0.39, 0.29) is 5.91 Å². The van der Waals surface area contributed by atoms with Crippen molar-refractivity contribution in [2.75, 3.05) is 38.7 Å². The third-order valence-electron chi connectivity index (χ3n) is 5.31. The Morgan fingerprint density at radius 2 is 1.82 bits per heavy atom. The molecule has 1 saturated heterocycles. The Hall–Kier alpha value is -2.18. The summed E-state index contributed by atoms with van der Waals surface area (Å²) < 4.78 is 10.8. The molecule has 148 valence electrons. The van der Waals surface area contributed by atoms with Crippen LogP contribution in [0.5, 0.6) is 11.5 Å². The maximum absolute atomic E-state index is 12.5. The Kier molecular flexibility index (Phi) is 6.07. The maximum atomic E-state index is 12.5. The fraction of sp³-hybridized carbons (Fsp3) is 0.409. The summed E-state index contributed by atoms with van der Waals surface area (Å²) >= 11 is 1.71. The smallest absolute Gasteiger partial charge is 0.232 e. The van der Waals surface area contributed by atoms with E-state index in [4.69, 9.17) is 9.47 Å². The van der Waals surface area contributed by atoms with Gasteiger partial charge in [-0.15, -0.1) is 11.8 Å². The first-order valence-electron chi connectivity index (χ1n) is 9.70. The van der Waals surface area contributed by atoms with E-state index in [2.05, 4.69) is 48.2 Å². The Balaban J connectivity index is 1.20. The topological polar surface area (TPSA) is 42.0 Å². The summed E-state index contributed by atoms with van der Waals surface area (Å²) in [6, 6.07) is 14.5. The van der Waals surface area contributed by atoms with Gasteiger partial charge in [0.1, 0.15) is 0 Å². The van der Waals surface area contributed by atoms with Crippen molar-refractivity contribution < 1.29 is 14.3 Å². The molecule has 28 heavy (non-hydrogen) atoms. The largest absolute Gasteiger partial charge is 0.454 e. The van der Waals surface area contributed by atoms with Gasteiger partial charge in [0, 0.05) is 38.5 Å². The monoisotopic (exact) mass is 398 g/mol. The summed E-state index contributed by atoms with van der Waals surface area (Å²) in [6.07, 6.45) is 0. The Morgan fingerprint density at radius 1 is 1.04 bits per heavy atom. The van der Waals surface area contributed by atoms with Crippen LogP contribution in [-0.2, 0) is 17.1 Å². The van der Waals surface area contributed by atoms with Gasteiger partial charge in [0.2, 0.25) is 12.7 Å². The van der Waals surface area contributed by atoms with Crippen molar-refractivity contribution in [1.29, 1.82) is 0 Å². The first-order valence-corrected chi connectivity index (χ1v) is 10.9. The van der Waals surface area contributed by atoms with Crippen LogP contribution in [0.4, 0.5) is 0 Å². The van der Waals surface area contributed by atoms with Crippen molar-refractivity contribution in [1.82, 2.24) is 9.80 Å². The van der Waals surface area contributed by atoms with Crippen molar-refractivity contribution in [2.24, 2.45) is 0 Å². The van der Waals surface area contributed by atoms with Crippen molar-refractivity contribution >= 4 is 17.7 Å². The lowest BCUT2D eigenvalue weighted by atomic mass is 10.1. The molecule has 0 bridgehead atoms. The molecule has 0 atom stereocenters. The molecule has 0 saturated carbocycles. The van der Waals surface area contributed by atoms with E-state index in [1.165, 1.54) is 16.7 Å². The molecular formula is C22H26N2O3S. The van der Waals surface area contributed by atoms with Crippen LogP contribution in [0.1, 0.15) is 16.7 Å². The zero-order chi connectivity index (χ0) is 19.3. The van der Waals surface area contributed by atoms with Gasteiger partial charge in [0.05, 0.1) is 5.75 Å². The van der Waals surface area contributed by atoms with E-state index in [1.807, 2.05) is 11.0 Å². The summed E-state index contributed by atoms with van der Waals surface area (Å²) in [6.45, 7) is 6.72. The highest BCUT2D eigenvalue weighted by Crippen LogP contribution is 2.32. The molecule has 2 aromatic rings. The molecule has 2 heterocycles. The summed E-state index contributed by atoms with van der Waals surface area (Å²) in [5.41, 5.74) is 3.83. The zero-order valence-corrected chi connectivity index (χ0v) is 17.0. The highest BCUT2D eigenvalue weighted by molar-refractivity contribution is 7.99. The minimum absolute atomic E-state index is 0.251. The highest BCUT2D eigenvalue weighted by Gasteiger charge is 2.22. The molecule has 5 nitrogen and oxygen atoms in total. The number of aryl methyl sites for hydroxylation is 1. The van der Waals surface area contributed by atoms with E-state index in [9.17, 15) is 4.79 Å². The minimum Gasteiger partial charge on any atom is -0.454 e. The Labute approximate surface area is 170 Å². The number of rotatable bonds is 6. The molecule has 1 fully saturated rings. The molecule has 0 aromatic heterocycles. The van der Waals surface area contributed by atoms with Crippen molar-refractivity contribution in [3.8, 4) is 11.5 Å². The van der Waals surface area contributed by atoms with Crippen LogP contribution < -0.4 is 9.47 Å². The number of amides is 1. The van der Waals surface area contributed by atoms with Crippen LogP contribution in [0.15, 0.2) is 42.5 Å². The van der Waals surface area contributed by atoms with Gasteiger partial charge in [-0.25, -0.2) is 0 Å². The van der Waals surface area contributed by atoms with Crippen LogP contribution in [0.3, 0.4) is 0 Å². The first-order chi connectivity index (χ1) is 13.7. The summed E-state index contributed by atoms with van der Waals surface area (Å²) in [5.74, 6) is 3.35. The van der Waals surface area contributed by atoms with Crippen LogP contribution >= 0.6 is 11.8 Å². The van der Waals surface area contributed by atoms with Crippen LogP contribution in [-0.4, -0.2) is 54.4 Å². The second-order valence-corrected chi connectivity index (χ2v) is 8.25. The molecule has 2 aliphatic heterocycles. The standard InChI is InChI=1S/C22H26N2O3S/c1-17-4-2-3-5-19(17)14-28-15-22(25)24-10-8-23(9-11-24)13-18-6-7-20-21(12-18)27-16-26-20/h2-7,12H,8-11,13-16H2,1H3. The number of piperazine rings is 1. The number of hydrogen-bond acceptors (Lipinski definition) is 5. The number of carbonyl (C=O) groups excluding carboxylic acids is 1. The predicted octanol–water partition coefficient (Wildman–Crippen LogP) is 3.30. The average Bonchev–Trinajstić information content (AvgIpc) is 3.18. The van der Waals surface area contributed by atoms with E-state index in [0.29, 0.717) is 12.5 Å². The first kappa shape index (κ1) is 19.2. The molecule has 2 aromatic carbocycles. The van der Waals surface area contributed by atoms with E-state index in [1.54, 1.807) is 11.8 Å². The fourth-order valence-corrected chi connectivity index (χ4v) is 4.57. The minimum atomic E-state index is 0.251. The van der Waals surface area contributed by atoms with Gasteiger partial charge in [-0.1, -0.05) is 30.3 Å². The number of hydrogen-bond donors (Lipinski definition) is 0. The number of benzene rings is 2. The lowest BCUT2D eigenvalue weighted by molar-refractivity contribution is -0.130. The molecule has 0 aliphatic carbocycles. The van der Waals surface area contributed by atoms with Crippen molar-refractivity contribution in [2.45, 2.75) is 19.2 Å². The van der Waals surface area contributed by atoms with E-state index in [0.717, 1.165) is 50.0 Å². The number of ether oxygens (including phenoxy) is 2. The lowest BCUT2D eigenvalue weighted by Crippen LogP contribution is -2.48. The van der Waals surface area contributed by atoms with Gasteiger partial charge >= 0.3 is 0 Å². The Morgan fingerprint density at radius 3 is 2.64 bits per heavy atom.